The summed E-state index contributed by atoms with van der Waals surface area (Å²) in [6.45, 7) is -0.430. The summed E-state index contributed by atoms with van der Waals surface area (Å²) in [4.78, 5) is 3.83. The first kappa shape index (κ1) is 14.3. The normalized spacial score (nSPS) is 11.4. The van der Waals surface area contributed by atoms with Crippen LogP contribution >= 0.6 is 0 Å². The standard InChI is InChI=1S/C13H9F4NO2/c14-10-5-9(7-19)12(18-6-10)8-1-3-11(4-2-8)20-13(15,16)17/h1-6,19H,7H2. The fraction of sp³-hybridized carbons (Fsp3) is 0.154. The number of aliphatic hydroxyl groups excluding tert-OH is 1. The van der Waals surface area contributed by atoms with Gasteiger partial charge in [0.15, 0.2) is 0 Å². The Balaban J connectivity index is 2.30. The average molecular weight is 287 g/mol. The highest BCUT2D eigenvalue weighted by molar-refractivity contribution is 5.63. The molecule has 1 N–H and O–H groups in total. The zero-order chi connectivity index (χ0) is 14.8. The molecule has 0 atom stereocenters. The quantitative estimate of drug-likeness (QED) is 0.881. The summed E-state index contributed by atoms with van der Waals surface area (Å²) in [5.41, 5.74) is 0.991. The molecule has 2 rings (SSSR count). The van der Waals surface area contributed by atoms with Gasteiger partial charge in [-0.2, -0.15) is 0 Å². The summed E-state index contributed by atoms with van der Waals surface area (Å²) in [5.74, 6) is -0.969. The molecule has 2 aromatic rings. The lowest BCUT2D eigenvalue weighted by atomic mass is 10.1. The number of nitrogens with zero attached hydrogens (tertiary/aromatic N) is 1. The van der Waals surface area contributed by atoms with Crippen LogP contribution in [0.1, 0.15) is 5.56 Å². The molecular weight excluding hydrogens is 278 g/mol. The van der Waals surface area contributed by atoms with E-state index in [1.165, 1.54) is 12.1 Å². The van der Waals surface area contributed by atoms with Gasteiger partial charge in [-0.05, 0) is 30.3 Å². The van der Waals surface area contributed by atoms with Gasteiger partial charge in [-0.15, -0.1) is 13.2 Å². The van der Waals surface area contributed by atoms with E-state index in [1.807, 2.05) is 0 Å². The Bertz CT molecular complexity index is 596. The number of rotatable bonds is 3. The van der Waals surface area contributed by atoms with Crippen LogP contribution in [0.25, 0.3) is 11.3 Å². The van der Waals surface area contributed by atoms with Gasteiger partial charge < -0.3 is 9.84 Å². The van der Waals surface area contributed by atoms with E-state index in [2.05, 4.69) is 9.72 Å². The summed E-state index contributed by atoms with van der Waals surface area (Å²) in [5, 5.41) is 9.13. The molecule has 0 spiro atoms. The SMILES string of the molecule is OCc1cc(F)cnc1-c1ccc(OC(F)(F)F)cc1. The maximum atomic E-state index is 13.0. The minimum Gasteiger partial charge on any atom is -0.406 e. The lowest BCUT2D eigenvalue weighted by molar-refractivity contribution is -0.274. The monoisotopic (exact) mass is 287 g/mol. The van der Waals surface area contributed by atoms with Crippen LogP contribution in [0.3, 0.4) is 0 Å². The number of alkyl halides is 3. The highest BCUT2D eigenvalue weighted by Crippen LogP contribution is 2.27. The molecule has 1 aromatic heterocycles. The van der Waals surface area contributed by atoms with Crippen molar-refractivity contribution in [2.75, 3.05) is 0 Å². The molecule has 3 nitrogen and oxygen atoms in total. The Morgan fingerprint density at radius 2 is 1.80 bits per heavy atom. The second kappa shape index (κ2) is 5.46. The van der Waals surface area contributed by atoms with Gasteiger partial charge in [0, 0.05) is 11.1 Å². The molecule has 0 aliphatic carbocycles. The van der Waals surface area contributed by atoms with E-state index in [9.17, 15) is 17.6 Å². The first-order chi connectivity index (χ1) is 9.39. The first-order valence-corrected chi connectivity index (χ1v) is 5.50. The van der Waals surface area contributed by atoms with Crippen LogP contribution in [0.2, 0.25) is 0 Å². The summed E-state index contributed by atoms with van der Waals surface area (Å²) in [6.07, 6.45) is -3.79. The summed E-state index contributed by atoms with van der Waals surface area (Å²) in [7, 11) is 0. The molecule has 0 radical (unpaired) electrons. The predicted octanol–water partition coefficient (Wildman–Crippen LogP) is 3.28. The van der Waals surface area contributed by atoms with Crippen molar-refractivity contribution in [2.45, 2.75) is 13.0 Å². The van der Waals surface area contributed by atoms with E-state index in [0.717, 1.165) is 24.4 Å². The molecular formula is C13H9F4NO2. The highest BCUT2D eigenvalue weighted by atomic mass is 19.4. The number of ether oxygens (including phenoxy) is 1. The number of pyridine rings is 1. The van der Waals surface area contributed by atoms with Crippen molar-refractivity contribution in [1.29, 1.82) is 0 Å². The zero-order valence-electron chi connectivity index (χ0n) is 9.99. The number of hydrogen-bond acceptors (Lipinski definition) is 3. The van der Waals surface area contributed by atoms with Crippen LogP contribution in [0.15, 0.2) is 36.5 Å². The smallest absolute Gasteiger partial charge is 0.406 e. The number of aliphatic hydroxyl groups is 1. The second-order valence-electron chi connectivity index (χ2n) is 3.89. The molecule has 1 aromatic carbocycles. The molecule has 20 heavy (non-hydrogen) atoms. The Morgan fingerprint density at radius 1 is 1.15 bits per heavy atom. The third-order valence-corrected chi connectivity index (χ3v) is 2.46. The van der Waals surface area contributed by atoms with Gasteiger partial charge in [0.2, 0.25) is 0 Å². The number of aromatic nitrogens is 1. The van der Waals surface area contributed by atoms with Gasteiger partial charge in [-0.3, -0.25) is 4.98 Å². The van der Waals surface area contributed by atoms with Crippen molar-refractivity contribution in [1.82, 2.24) is 4.98 Å². The molecule has 7 heteroatoms. The molecule has 0 saturated heterocycles. The van der Waals surface area contributed by atoms with E-state index in [0.29, 0.717) is 11.3 Å². The fourth-order valence-electron chi connectivity index (χ4n) is 1.68. The number of hydrogen-bond donors (Lipinski definition) is 1. The van der Waals surface area contributed by atoms with Gasteiger partial charge in [0.25, 0.3) is 0 Å². The minimum atomic E-state index is -4.76. The molecule has 0 amide bonds. The van der Waals surface area contributed by atoms with Gasteiger partial charge in [-0.1, -0.05) is 0 Å². The van der Waals surface area contributed by atoms with E-state index in [1.54, 1.807) is 0 Å². The molecule has 0 aliphatic rings. The molecule has 0 bridgehead atoms. The predicted molar refractivity (Wildman–Crippen MR) is 62.2 cm³/mol. The van der Waals surface area contributed by atoms with Crippen LogP contribution in [-0.4, -0.2) is 16.5 Å². The van der Waals surface area contributed by atoms with Crippen molar-refractivity contribution in [3.63, 3.8) is 0 Å². The van der Waals surface area contributed by atoms with Crippen molar-refractivity contribution in [2.24, 2.45) is 0 Å². The molecule has 0 fully saturated rings. The van der Waals surface area contributed by atoms with Crippen LogP contribution in [0.4, 0.5) is 17.6 Å². The van der Waals surface area contributed by atoms with Crippen molar-refractivity contribution >= 4 is 0 Å². The highest BCUT2D eigenvalue weighted by Gasteiger charge is 2.31. The van der Waals surface area contributed by atoms with Crippen LogP contribution < -0.4 is 4.74 Å². The van der Waals surface area contributed by atoms with Crippen LogP contribution in [-0.2, 0) is 6.61 Å². The van der Waals surface area contributed by atoms with Crippen molar-refractivity contribution in [3.8, 4) is 17.0 Å². The minimum absolute atomic E-state index is 0.245. The van der Waals surface area contributed by atoms with Crippen LogP contribution in [0.5, 0.6) is 5.75 Å². The van der Waals surface area contributed by atoms with E-state index in [4.69, 9.17) is 5.11 Å². The molecule has 0 aliphatic heterocycles. The third-order valence-electron chi connectivity index (χ3n) is 2.46. The van der Waals surface area contributed by atoms with Crippen molar-refractivity contribution < 1.29 is 27.4 Å². The van der Waals surface area contributed by atoms with E-state index >= 15 is 0 Å². The fourth-order valence-corrected chi connectivity index (χ4v) is 1.68. The number of halogens is 4. The molecule has 0 unspecified atom stereocenters. The average Bonchev–Trinajstić information content (AvgIpc) is 2.38. The Kier molecular flexibility index (Phi) is 3.89. The molecule has 1 heterocycles. The van der Waals surface area contributed by atoms with E-state index < -0.39 is 18.8 Å². The third kappa shape index (κ3) is 3.45. The Labute approximate surface area is 111 Å². The molecule has 0 saturated carbocycles. The second-order valence-corrected chi connectivity index (χ2v) is 3.89. The first-order valence-electron chi connectivity index (χ1n) is 5.50. The number of benzene rings is 1. The van der Waals surface area contributed by atoms with Gasteiger partial charge >= 0.3 is 6.36 Å². The van der Waals surface area contributed by atoms with Gasteiger partial charge in [0.1, 0.15) is 11.6 Å². The van der Waals surface area contributed by atoms with Crippen LogP contribution in [0, 0.1) is 5.82 Å². The van der Waals surface area contributed by atoms with Crippen molar-refractivity contribution in [3.05, 3.63) is 47.9 Å². The maximum Gasteiger partial charge on any atom is 0.573 e. The molecule has 106 valence electrons. The van der Waals surface area contributed by atoms with Gasteiger partial charge in [0.05, 0.1) is 18.5 Å². The summed E-state index contributed by atoms with van der Waals surface area (Å²) >= 11 is 0. The maximum absolute atomic E-state index is 13.0. The topological polar surface area (TPSA) is 42.4 Å². The Hall–Kier alpha value is -2.15. The van der Waals surface area contributed by atoms with E-state index in [-0.39, 0.29) is 11.3 Å². The lowest BCUT2D eigenvalue weighted by Gasteiger charge is -2.10. The summed E-state index contributed by atoms with van der Waals surface area (Å²) < 4.78 is 52.8. The zero-order valence-corrected chi connectivity index (χ0v) is 9.99. The largest absolute Gasteiger partial charge is 0.573 e. The Morgan fingerprint density at radius 3 is 2.35 bits per heavy atom. The van der Waals surface area contributed by atoms with Gasteiger partial charge in [-0.25, -0.2) is 4.39 Å². The summed E-state index contributed by atoms with van der Waals surface area (Å²) in [6, 6.07) is 6.05. The lowest BCUT2D eigenvalue weighted by Crippen LogP contribution is -2.16.